The summed E-state index contributed by atoms with van der Waals surface area (Å²) in [6.45, 7) is 0. The molecular weight excluding hydrogens is 258 g/mol. The van der Waals surface area contributed by atoms with E-state index >= 15 is 0 Å². The van der Waals surface area contributed by atoms with Gasteiger partial charge in [-0.2, -0.15) is 0 Å². The number of hydrogen-bond acceptors (Lipinski definition) is 7. The maximum atomic E-state index is 10.9. The first-order valence-electron chi connectivity index (χ1n) is 5.50. The number of nitrogens with zero attached hydrogens (tertiary/aromatic N) is 1. The molecule has 2 heterocycles. The highest BCUT2D eigenvalue weighted by molar-refractivity contribution is 5.73. The van der Waals surface area contributed by atoms with Crippen LogP contribution in [-0.4, -0.2) is 62.1 Å². The lowest BCUT2D eigenvalue weighted by Gasteiger charge is -2.38. The van der Waals surface area contributed by atoms with E-state index in [-0.39, 0.29) is 5.75 Å². The topological polar surface area (TPSA) is 129 Å². The maximum Gasteiger partial charge on any atom is 0.335 e. The van der Waals surface area contributed by atoms with Crippen LogP contribution in [0.1, 0.15) is 0 Å². The second-order valence-corrected chi connectivity index (χ2v) is 4.04. The number of carboxylic acid groups (broad SMARTS) is 1. The van der Waals surface area contributed by atoms with Crippen molar-refractivity contribution in [2.24, 2.45) is 0 Å². The molecule has 0 saturated carbocycles. The third-order valence-electron chi connectivity index (χ3n) is 2.70. The first kappa shape index (κ1) is 13.7. The lowest BCUT2D eigenvalue weighted by Crippen LogP contribution is -2.61. The molecule has 0 unspecified atom stereocenters. The average Bonchev–Trinajstić information content (AvgIpc) is 2.40. The normalized spacial score (nSPS) is 34.8. The fraction of sp³-hybridized carbons (Fsp3) is 0.455. The fourth-order valence-electron chi connectivity index (χ4n) is 1.70. The summed E-state index contributed by atoms with van der Waals surface area (Å²) in [5.74, 6) is -1.22. The molecule has 2 rings (SSSR count). The smallest absolute Gasteiger partial charge is 0.335 e. The summed E-state index contributed by atoms with van der Waals surface area (Å²) in [4.78, 5) is 14.6. The Morgan fingerprint density at radius 1 is 1.26 bits per heavy atom. The van der Waals surface area contributed by atoms with Gasteiger partial charge in [0, 0.05) is 6.20 Å². The highest BCUT2D eigenvalue weighted by Gasteiger charge is 2.48. The summed E-state index contributed by atoms with van der Waals surface area (Å²) < 4.78 is 10.1. The van der Waals surface area contributed by atoms with Crippen molar-refractivity contribution in [1.82, 2.24) is 4.98 Å². The van der Waals surface area contributed by atoms with Crippen molar-refractivity contribution < 1.29 is 34.7 Å². The van der Waals surface area contributed by atoms with Crippen molar-refractivity contribution in [3.63, 3.8) is 0 Å². The molecule has 8 nitrogen and oxygen atoms in total. The number of aliphatic hydroxyl groups is 3. The summed E-state index contributed by atoms with van der Waals surface area (Å²) in [5.41, 5.74) is 0. The Hall–Kier alpha value is -1.74. The van der Waals surface area contributed by atoms with Crippen molar-refractivity contribution in [3.8, 4) is 5.75 Å². The number of aliphatic carboxylic acids is 1. The van der Waals surface area contributed by atoms with Crippen LogP contribution in [0.15, 0.2) is 24.5 Å². The van der Waals surface area contributed by atoms with E-state index in [0.717, 1.165) is 0 Å². The molecule has 4 N–H and O–H groups in total. The van der Waals surface area contributed by atoms with Crippen LogP contribution < -0.4 is 4.74 Å². The van der Waals surface area contributed by atoms with Gasteiger partial charge in [0.15, 0.2) is 6.10 Å². The predicted octanol–water partition coefficient (Wildman–Crippen LogP) is -1.65. The molecule has 1 aliphatic rings. The van der Waals surface area contributed by atoms with E-state index in [9.17, 15) is 20.1 Å². The Bertz CT molecular complexity index is 440. The fourth-order valence-corrected chi connectivity index (χ4v) is 1.70. The molecule has 0 aliphatic carbocycles. The zero-order valence-corrected chi connectivity index (χ0v) is 9.66. The van der Waals surface area contributed by atoms with Crippen molar-refractivity contribution in [1.29, 1.82) is 0 Å². The molecule has 0 radical (unpaired) electrons. The second-order valence-electron chi connectivity index (χ2n) is 4.04. The number of carboxylic acids is 1. The number of hydrogen-bond donors (Lipinski definition) is 4. The molecule has 1 fully saturated rings. The van der Waals surface area contributed by atoms with Crippen LogP contribution in [0, 0.1) is 0 Å². The number of aliphatic hydroxyl groups excluding tert-OH is 3. The van der Waals surface area contributed by atoms with E-state index in [4.69, 9.17) is 14.6 Å². The van der Waals surface area contributed by atoms with Crippen molar-refractivity contribution in [3.05, 3.63) is 24.5 Å². The number of pyridine rings is 1. The van der Waals surface area contributed by atoms with Crippen LogP contribution in [0.4, 0.5) is 0 Å². The molecule has 1 aromatic heterocycles. The quantitative estimate of drug-likeness (QED) is 0.514. The highest BCUT2D eigenvalue weighted by Crippen LogP contribution is 2.23. The van der Waals surface area contributed by atoms with Crippen LogP contribution in [-0.2, 0) is 9.53 Å². The van der Waals surface area contributed by atoms with Crippen LogP contribution >= 0.6 is 0 Å². The van der Waals surface area contributed by atoms with E-state index in [1.807, 2.05) is 0 Å². The van der Waals surface area contributed by atoms with Gasteiger partial charge in [0.1, 0.15) is 24.1 Å². The third kappa shape index (κ3) is 2.82. The van der Waals surface area contributed by atoms with Gasteiger partial charge in [0.25, 0.3) is 0 Å². The van der Waals surface area contributed by atoms with E-state index < -0.39 is 36.7 Å². The van der Waals surface area contributed by atoms with E-state index in [1.165, 1.54) is 18.5 Å². The minimum atomic E-state index is -1.73. The lowest BCUT2D eigenvalue weighted by atomic mass is 9.99. The first-order chi connectivity index (χ1) is 9.00. The average molecular weight is 271 g/mol. The Morgan fingerprint density at radius 2 is 2.00 bits per heavy atom. The number of carbonyl (C=O) groups is 1. The molecule has 0 bridgehead atoms. The molecule has 1 aliphatic heterocycles. The number of ether oxygens (including phenoxy) is 2. The molecule has 1 aromatic rings. The van der Waals surface area contributed by atoms with Gasteiger partial charge in [-0.1, -0.05) is 0 Å². The van der Waals surface area contributed by atoms with Crippen LogP contribution in [0.25, 0.3) is 0 Å². The summed E-state index contributed by atoms with van der Waals surface area (Å²) >= 11 is 0. The Morgan fingerprint density at radius 3 is 2.58 bits per heavy atom. The van der Waals surface area contributed by atoms with Gasteiger partial charge >= 0.3 is 5.97 Å². The monoisotopic (exact) mass is 271 g/mol. The molecule has 0 aromatic carbocycles. The third-order valence-corrected chi connectivity index (χ3v) is 2.70. The van der Waals surface area contributed by atoms with Crippen molar-refractivity contribution >= 4 is 5.97 Å². The zero-order chi connectivity index (χ0) is 14.0. The number of aromatic nitrogens is 1. The van der Waals surface area contributed by atoms with E-state index in [1.54, 1.807) is 6.07 Å². The SMILES string of the molecule is O=C(O)[C@H]1O[C@@H](Oc2cccnc2)[C@H](O)[C@@H](O)[C@@H]1O. The van der Waals surface area contributed by atoms with Crippen molar-refractivity contribution in [2.45, 2.75) is 30.7 Å². The van der Waals surface area contributed by atoms with Gasteiger partial charge in [0.05, 0.1) is 6.20 Å². The molecule has 104 valence electrons. The minimum absolute atomic E-state index is 0.235. The first-order valence-corrected chi connectivity index (χ1v) is 5.50. The lowest BCUT2D eigenvalue weighted by molar-refractivity contribution is -0.271. The van der Waals surface area contributed by atoms with E-state index in [0.29, 0.717) is 0 Å². The molecule has 8 heteroatoms. The number of rotatable bonds is 3. The molecular formula is C11H13NO7. The van der Waals surface area contributed by atoms with Crippen LogP contribution in [0.3, 0.4) is 0 Å². The molecule has 0 amide bonds. The summed E-state index contributed by atoms with van der Waals surface area (Å²) in [7, 11) is 0. The molecule has 0 spiro atoms. The summed E-state index contributed by atoms with van der Waals surface area (Å²) in [5, 5.41) is 37.6. The van der Waals surface area contributed by atoms with Crippen LogP contribution in [0.2, 0.25) is 0 Å². The van der Waals surface area contributed by atoms with Crippen molar-refractivity contribution in [2.75, 3.05) is 0 Å². The van der Waals surface area contributed by atoms with Gasteiger partial charge in [-0.25, -0.2) is 4.79 Å². The Balaban J connectivity index is 2.13. The van der Waals surface area contributed by atoms with E-state index in [2.05, 4.69) is 4.98 Å². The Labute approximate surface area is 107 Å². The van der Waals surface area contributed by atoms with Gasteiger partial charge in [-0.05, 0) is 12.1 Å². The Kier molecular flexibility index (Phi) is 3.96. The minimum Gasteiger partial charge on any atom is -0.479 e. The maximum absolute atomic E-state index is 10.9. The highest BCUT2D eigenvalue weighted by atomic mass is 16.7. The zero-order valence-electron chi connectivity index (χ0n) is 9.66. The van der Waals surface area contributed by atoms with Gasteiger partial charge < -0.3 is 29.9 Å². The van der Waals surface area contributed by atoms with Gasteiger partial charge in [0.2, 0.25) is 6.29 Å². The summed E-state index contributed by atoms with van der Waals surface area (Å²) in [6, 6.07) is 3.10. The predicted molar refractivity (Wildman–Crippen MR) is 59.2 cm³/mol. The van der Waals surface area contributed by atoms with Gasteiger partial charge in [-0.15, -0.1) is 0 Å². The standard InChI is InChI=1S/C11H13NO7/c13-6-7(14)9(10(16)17)19-11(8(6)15)18-5-2-1-3-12-4-5/h1-4,6-9,11,13-15H,(H,16,17)/t6-,7-,8+,9-,11+/m0/s1. The summed E-state index contributed by atoms with van der Waals surface area (Å²) in [6.07, 6.45) is -5.25. The largest absolute Gasteiger partial charge is 0.479 e. The van der Waals surface area contributed by atoms with Crippen LogP contribution in [0.5, 0.6) is 5.75 Å². The molecule has 19 heavy (non-hydrogen) atoms. The molecule has 1 saturated heterocycles. The van der Waals surface area contributed by atoms with Gasteiger partial charge in [-0.3, -0.25) is 4.98 Å². The molecule has 5 atom stereocenters. The second kappa shape index (κ2) is 5.49.